The summed E-state index contributed by atoms with van der Waals surface area (Å²) in [6.45, 7) is 7.37. The van der Waals surface area contributed by atoms with Crippen LogP contribution in [0.5, 0.6) is 0 Å². The van der Waals surface area contributed by atoms with Gasteiger partial charge < -0.3 is 4.90 Å². The lowest BCUT2D eigenvalue weighted by Gasteiger charge is -2.25. The third-order valence-corrected chi connectivity index (χ3v) is 5.50. The van der Waals surface area contributed by atoms with Crippen molar-refractivity contribution in [2.45, 2.75) is 31.6 Å². The lowest BCUT2D eigenvalue weighted by molar-refractivity contribution is 0.0760. The molecule has 0 spiro atoms. The Labute approximate surface area is 142 Å². The van der Waals surface area contributed by atoms with Crippen molar-refractivity contribution in [3.8, 4) is 0 Å². The fourth-order valence-corrected chi connectivity index (χ4v) is 4.11. The van der Waals surface area contributed by atoms with Crippen molar-refractivity contribution in [2.24, 2.45) is 0 Å². The van der Waals surface area contributed by atoms with Crippen LogP contribution in [-0.4, -0.2) is 23.1 Å². The molecule has 120 valence electrons. The fourth-order valence-electron chi connectivity index (χ4n) is 2.85. The molecule has 2 nitrogen and oxygen atoms in total. The maximum atomic E-state index is 12.9. The van der Waals surface area contributed by atoms with Gasteiger partial charge in [-0.15, -0.1) is 11.8 Å². The molecule has 1 unspecified atom stereocenters. The van der Waals surface area contributed by atoms with Gasteiger partial charge in [-0.2, -0.15) is 0 Å². The van der Waals surface area contributed by atoms with E-state index in [-0.39, 0.29) is 16.7 Å². The van der Waals surface area contributed by atoms with Gasteiger partial charge >= 0.3 is 0 Å². The number of carbonyl (C=O) groups excluding carboxylic acids is 1. The number of hydrogen-bond donors (Lipinski definition) is 0. The molecule has 2 aromatic carbocycles. The molecular weight excluding hydrogens is 302 g/mol. The molecule has 0 N–H and O–H groups in total. The summed E-state index contributed by atoms with van der Waals surface area (Å²) >= 11 is 1.84. The molecule has 2 aromatic rings. The highest BCUT2D eigenvalue weighted by atomic mass is 32.2. The highest BCUT2D eigenvalue weighted by Crippen LogP contribution is 2.38. The molecule has 3 rings (SSSR count). The van der Waals surface area contributed by atoms with E-state index in [4.69, 9.17) is 0 Å². The highest BCUT2D eigenvalue weighted by molar-refractivity contribution is 7.99. The van der Waals surface area contributed by atoms with Crippen molar-refractivity contribution < 1.29 is 4.79 Å². The van der Waals surface area contributed by atoms with Crippen LogP contribution >= 0.6 is 11.8 Å². The summed E-state index contributed by atoms with van der Waals surface area (Å²) in [6, 6.07) is 18.4. The van der Waals surface area contributed by atoms with Crippen molar-refractivity contribution in [3.63, 3.8) is 0 Å². The molecule has 1 saturated heterocycles. The van der Waals surface area contributed by atoms with E-state index in [0.717, 1.165) is 17.9 Å². The molecular formula is C20H23NOS. The minimum absolute atomic E-state index is 0.109. The highest BCUT2D eigenvalue weighted by Gasteiger charge is 2.31. The Kier molecular flexibility index (Phi) is 4.49. The summed E-state index contributed by atoms with van der Waals surface area (Å²) in [6.07, 6.45) is 0. The van der Waals surface area contributed by atoms with Gasteiger partial charge in [0.1, 0.15) is 5.37 Å². The van der Waals surface area contributed by atoms with Gasteiger partial charge in [-0.3, -0.25) is 4.79 Å². The van der Waals surface area contributed by atoms with Crippen LogP contribution in [0.25, 0.3) is 0 Å². The number of hydrogen-bond acceptors (Lipinski definition) is 2. The molecule has 0 saturated carbocycles. The second-order valence-corrected chi connectivity index (χ2v) is 8.15. The Hall–Kier alpha value is -1.74. The van der Waals surface area contributed by atoms with Gasteiger partial charge in [-0.1, -0.05) is 63.2 Å². The largest absolute Gasteiger partial charge is 0.322 e. The maximum Gasteiger partial charge on any atom is 0.255 e. The van der Waals surface area contributed by atoms with Crippen LogP contribution < -0.4 is 0 Å². The third kappa shape index (κ3) is 3.45. The molecule has 1 amide bonds. The Morgan fingerprint density at radius 2 is 1.70 bits per heavy atom. The van der Waals surface area contributed by atoms with Crippen molar-refractivity contribution in [2.75, 3.05) is 12.3 Å². The molecule has 23 heavy (non-hydrogen) atoms. The zero-order valence-corrected chi connectivity index (χ0v) is 14.8. The molecule has 3 heteroatoms. The van der Waals surface area contributed by atoms with Gasteiger partial charge in [-0.25, -0.2) is 0 Å². The Morgan fingerprint density at radius 3 is 2.30 bits per heavy atom. The molecule has 1 aliphatic rings. The van der Waals surface area contributed by atoms with Gasteiger partial charge in [0.15, 0.2) is 0 Å². The minimum Gasteiger partial charge on any atom is -0.322 e. The first-order valence-corrected chi connectivity index (χ1v) is 9.10. The fraction of sp³-hybridized carbons (Fsp3) is 0.350. The molecule has 0 bridgehead atoms. The molecule has 0 aromatic heterocycles. The summed E-state index contributed by atoms with van der Waals surface area (Å²) in [5.41, 5.74) is 3.35. The van der Waals surface area contributed by atoms with E-state index in [0.29, 0.717) is 0 Å². The molecule has 1 aliphatic heterocycles. The Balaban J connectivity index is 1.82. The summed E-state index contributed by atoms with van der Waals surface area (Å²) < 4.78 is 0. The minimum atomic E-state index is 0.109. The molecule has 1 heterocycles. The number of benzene rings is 2. The van der Waals surface area contributed by atoms with Gasteiger partial charge in [0.25, 0.3) is 5.91 Å². The van der Waals surface area contributed by atoms with E-state index in [1.165, 1.54) is 11.1 Å². The first kappa shape index (κ1) is 16.1. The lowest BCUT2D eigenvalue weighted by Crippen LogP contribution is -2.30. The molecule has 1 atom stereocenters. The molecule has 0 radical (unpaired) electrons. The molecule has 1 fully saturated rings. The van der Waals surface area contributed by atoms with Crippen molar-refractivity contribution in [3.05, 3.63) is 71.3 Å². The smallest absolute Gasteiger partial charge is 0.255 e. The number of nitrogens with zero attached hydrogens (tertiary/aromatic N) is 1. The van der Waals surface area contributed by atoms with Gasteiger partial charge in [0.05, 0.1) is 0 Å². The zero-order valence-electron chi connectivity index (χ0n) is 14.0. The van der Waals surface area contributed by atoms with E-state index in [2.05, 4.69) is 45.0 Å². The van der Waals surface area contributed by atoms with Crippen LogP contribution in [0, 0.1) is 0 Å². The Bertz CT molecular complexity index is 673. The normalized spacial score (nSPS) is 18.2. The van der Waals surface area contributed by atoms with Crippen LogP contribution in [0.4, 0.5) is 0 Å². The van der Waals surface area contributed by atoms with Crippen molar-refractivity contribution >= 4 is 17.7 Å². The number of carbonyl (C=O) groups is 1. The lowest BCUT2D eigenvalue weighted by atomic mass is 9.86. The van der Waals surface area contributed by atoms with Crippen LogP contribution in [0.2, 0.25) is 0 Å². The van der Waals surface area contributed by atoms with E-state index in [9.17, 15) is 4.79 Å². The number of amides is 1. The van der Waals surface area contributed by atoms with E-state index in [1.54, 1.807) is 0 Å². The third-order valence-electron chi connectivity index (χ3n) is 4.23. The number of thioether (sulfide) groups is 1. The first-order valence-electron chi connectivity index (χ1n) is 8.05. The quantitative estimate of drug-likeness (QED) is 0.785. The topological polar surface area (TPSA) is 20.3 Å². The summed E-state index contributed by atoms with van der Waals surface area (Å²) in [7, 11) is 0. The van der Waals surface area contributed by atoms with Gasteiger partial charge in [0.2, 0.25) is 0 Å². The van der Waals surface area contributed by atoms with Crippen LogP contribution in [0.15, 0.2) is 54.6 Å². The van der Waals surface area contributed by atoms with E-state index < -0.39 is 0 Å². The van der Waals surface area contributed by atoms with Crippen LogP contribution in [-0.2, 0) is 5.41 Å². The summed E-state index contributed by atoms with van der Waals surface area (Å²) in [5.74, 6) is 1.12. The second-order valence-electron chi connectivity index (χ2n) is 6.96. The molecule has 0 aliphatic carbocycles. The summed E-state index contributed by atoms with van der Waals surface area (Å²) in [5, 5.41) is 0.131. The average Bonchev–Trinajstić information content (AvgIpc) is 3.04. The predicted molar refractivity (Wildman–Crippen MR) is 97.8 cm³/mol. The van der Waals surface area contributed by atoms with Crippen molar-refractivity contribution in [1.82, 2.24) is 4.90 Å². The van der Waals surface area contributed by atoms with Crippen molar-refractivity contribution in [1.29, 1.82) is 0 Å². The van der Waals surface area contributed by atoms with Gasteiger partial charge in [-0.05, 0) is 28.7 Å². The zero-order chi connectivity index (χ0) is 16.4. The van der Waals surface area contributed by atoms with Crippen LogP contribution in [0.3, 0.4) is 0 Å². The maximum absolute atomic E-state index is 12.9. The summed E-state index contributed by atoms with van der Waals surface area (Å²) in [4.78, 5) is 14.9. The Morgan fingerprint density at radius 1 is 1.04 bits per heavy atom. The van der Waals surface area contributed by atoms with Crippen LogP contribution in [0.1, 0.15) is 47.6 Å². The number of rotatable bonds is 2. The monoisotopic (exact) mass is 325 g/mol. The second kappa shape index (κ2) is 6.40. The first-order chi connectivity index (χ1) is 11.0. The van der Waals surface area contributed by atoms with E-state index >= 15 is 0 Å². The van der Waals surface area contributed by atoms with Gasteiger partial charge in [0, 0.05) is 17.9 Å². The predicted octanol–water partition coefficient (Wildman–Crippen LogP) is 4.87. The standard InChI is InChI=1S/C20H23NOS/c1-20(2,3)17-11-9-15(10-12-17)18(22)21-13-14-23-19(21)16-7-5-4-6-8-16/h4-12,19H,13-14H2,1-3H3. The van der Waals surface area contributed by atoms with E-state index in [1.807, 2.05) is 47.0 Å². The SMILES string of the molecule is CC(C)(C)c1ccc(C(=O)N2CCSC2c2ccccc2)cc1. The average molecular weight is 325 g/mol.